The van der Waals surface area contributed by atoms with Crippen LogP contribution in [0.15, 0.2) is 48.5 Å². The molecule has 21 heavy (non-hydrogen) atoms. The number of nitrogens with one attached hydrogen (secondary N) is 1. The molecule has 0 fully saturated rings. The van der Waals surface area contributed by atoms with Gasteiger partial charge in [0.2, 0.25) is 0 Å². The summed E-state index contributed by atoms with van der Waals surface area (Å²) in [5, 5.41) is 13.8. The number of phenolic OH excluding ortho intramolecular Hbond substituents is 1. The van der Waals surface area contributed by atoms with Crippen LogP contribution < -0.4 is 5.32 Å². The van der Waals surface area contributed by atoms with Crippen molar-refractivity contribution in [1.82, 2.24) is 9.97 Å². The highest BCUT2D eigenvalue weighted by Crippen LogP contribution is 2.26. The molecule has 2 aromatic carbocycles. The molecule has 0 bridgehead atoms. The van der Waals surface area contributed by atoms with E-state index in [0.29, 0.717) is 0 Å². The number of nitrogens with zero attached hydrogens (tertiary/aromatic N) is 2. The molecule has 0 aliphatic carbocycles. The number of hydrogen-bond donors (Lipinski definition) is 2. The van der Waals surface area contributed by atoms with E-state index in [1.54, 1.807) is 18.2 Å². The average Bonchev–Trinajstić information content (AvgIpc) is 2.47. The van der Waals surface area contributed by atoms with E-state index in [9.17, 15) is 5.11 Å². The molecule has 1 heterocycles. The Hall–Kier alpha value is -2.62. The predicted octanol–water partition coefficient (Wildman–Crippen LogP) is 4.20. The van der Waals surface area contributed by atoms with Gasteiger partial charge in [0.25, 0.3) is 0 Å². The molecule has 0 aliphatic heterocycles. The summed E-state index contributed by atoms with van der Waals surface area (Å²) in [6.45, 7) is 4.14. The summed E-state index contributed by atoms with van der Waals surface area (Å²) in [6.07, 6.45) is 0. The second-order valence-electron chi connectivity index (χ2n) is 5.28. The summed E-state index contributed by atoms with van der Waals surface area (Å²) in [5.41, 5.74) is 1.72. The van der Waals surface area contributed by atoms with Gasteiger partial charge in [-0.2, -0.15) is 0 Å². The Bertz CT molecular complexity index is 784. The van der Waals surface area contributed by atoms with Crippen molar-refractivity contribution in [3.63, 3.8) is 0 Å². The maximum Gasteiger partial charge on any atom is 0.142 e. The zero-order valence-electron chi connectivity index (χ0n) is 12.0. The van der Waals surface area contributed by atoms with E-state index < -0.39 is 0 Å². The Morgan fingerprint density at radius 3 is 2.57 bits per heavy atom. The summed E-state index contributed by atoms with van der Waals surface area (Å²) < 4.78 is 0. The Kier molecular flexibility index (Phi) is 3.44. The second kappa shape index (κ2) is 5.40. The lowest BCUT2D eigenvalue weighted by molar-refractivity contribution is 0.475. The first-order chi connectivity index (χ1) is 10.1. The van der Waals surface area contributed by atoms with Crippen molar-refractivity contribution in [2.75, 3.05) is 5.32 Å². The van der Waals surface area contributed by atoms with E-state index in [2.05, 4.69) is 29.1 Å². The molecule has 0 atom stereocenters. The molecule has 0 saturated carbocycles. The van der Waals surface area contributed by atoms with Gasteiger partial charge in [0.15, 0.2) is 0 Å². The zero-order chi connectivity index (χ0) is 14.8. The van der Waals surface area contributed by atoms with Crippen LogP contribution in [0.1, 0.15) is 25.6 Å². The third-order valence-corrected chi connectivity index (χ3v) is 3.25. The van der Waals surface area contributed by atoms with Crippen LogP contribution in [-0.4, -0.2) is 15.1 Å². The SMILES string of the molecule is CC(C)c1nc(Nc2cccc(O)c2)c2ccccc2n1. The van der Waals surface area contributed by atoms with Crippen molar-refractivity contribution in [2.24, 2.45) is 0 Å². The quantitative estimate of drug-likeness (QED) is 0.754. The molecule has 4 heteroatoms. The number of phenols is 1. The second-order valence-corrected chi connectivity index (χ2v) is 5.28. The van der Waals surface area contributed by atoms with Crippen LogP contribution in [0.4, 0.5) is 11.5 Å². The summed E-state index contributed by atoms with van der Waals surface area (Å²) >= 11 is 0. The van der Waals surface area contributed by atoms with E-state index >= 15 is 0 Å². The smallest absolute Gasteiger partial charge is 0.142 e. The minimum absolute atomic E-state index is 0.224. The van der Waals surface area contributed by atoms with Gasteiger partial charge in [-0.3, -0.25) is 0 Å². The third kappa shape index (κ3) is 2.79. The summed E-state index contributed by atoms with van der Waals surface area (Å²) in [5.74, 6) is 2.04. The molecule has 106 valence electrons. The Morgan fingerprint density at radius 2 is 1.81 bits per heavy atom. The maximum absolute atomic E-state index is 9.57. The molecule has 3 rings (SSSR count). The first kappa shape index (κ1) is 13.4. The van der Waals surface area contributed by atoms with Crippen molar-refractivity contribution in [2.45, 2.75) is 19.8 Å². The number of anilines is 2. The minimum Gasteiger partial charge on any atom is -0.508 e. The van der Waals surface area contributed by atoms with Crippen molar-refractivity contribution in [1.29, 1.82) is 0 Å². The fourth-order valence-corrected chi connectivity index (χ4v) is 2.17. The van der Waals surface area contributed by atoms with Crippen LogP contribution in [0.25, 0.3) is 10.9 Å². The van der Waals surface area contributed by atoms with E-state index in [0.717, 1.165) is 28.2 Å². The molecule has 4 nitrogen and oxygen atoms in total. The number of rotatable bonds is 3. The standard InChI is InChI=1S/C17H17N3O/c1-11(2)16-19-15-9-4-3-8-14(15)17(20-16)18-12-6-5-7-13(21)10-12/h3-11,21H,1-2H3,(H,18,19,20). The number of hydrogen-bond acceptors (Lipinski definition) is 4. The lowest BCUT2D eigenvalue weighted by atomic mass is 10.1. The van der Waals surface area contributed by atoms with Crippen molar-refractivity contribution >= 4 is 22.4 Å². The van der Waals surface area contributed by atoms with Gasteiger partial charge in [0.1, 0.15) is 17.4 Å². The van der Waals surface area contributed by atoms with Crippen molar-refractivity contribution < 1.29 is 5.11 Å². The molecule has 3 aromatic rings. The van der Waals surface area contributed by atoms with Gasteiger partial charge >= 0.3 is 0 Å². The highest BCUT2D eigenvalue weighted by atomic mass is 16.3. The molecule has 0 spiro atoms. The van der Waals surface area contributed by atoms with Gasteiger partial charge in [-0.25, -0.2) is 9.97 Å². The van der Waals surface area contributed by atoms with Crippen LogP contribution in [0.2, 0.25) is 0 Å². The normalized spacial score (nSPS) is 11.0. The Morgan fingerprint density at radius 1 is 1.00 bits per heavy atom. The Balaban J connectivity index is 2.11. The lowest BCUT2D eigenvalue weighted by Gasteiger charge is -2.12. The maximum atomic E-state index is 9.57. The van der Waals surface area contributed by atoms with Crippen molar-refractivity contribution in [3.8, 4) is 5.75 Å². The molecule has 0 radical (unpaired) electrons. The predicted molar refractivity (Wildman–Crippen MR) is 85.0 cm³/mol. The first-order valence-electron chi connectivity index (χ1n) is 6.96. The van der Waals surface area contributed by atoms with Gasteiger partial charge in [0.05, 0.1) is 5.52 Å². The minimum atomic E-state index is 0.224. The summed E-state index contributed by atoms with van der Waals surface area (Å²) in [6, 6.07) is 14.9. The largest absolute Gasteiger partial charge is 0.508 e. The van der Waals surface area contributed by atoms with Crippen LogP contribution >= 0.6 is 0 Å². The van der Waals surface area contributed by atoms with Crippen LogP contribution in [0, 0.1) is 0 Å². The fourth-order valence-electron chi connectivity index (χ4n) is 2.17. The Labute approximate surface area is 123 Å². The average molecular weight is 279 g/mol. The third-order valence-electron chi connectivity index (χ3n) is 3.25. The molecule has 2 N–H and O–H groups in total. The number of aromatic hydroxyl groups is 1. The fraction of sp³-hybridized carbons (Fsp3) is 0.176. The molecular weight excluding hydrogens is 262 g/mol. The molecular formula is C17H17N3O. The summed E-state index contributed by atoms with van der Waals surface area (Å²) in [4.78, 5) is 9.22. The monoisotopic (exact) mass is 279 g/mol. The molecule has 0 saturated heterocycles. The number of fused-ring (bicyclic) bond motifs is 1. The van der Waals surface area contributed by atoms with E-state index in [1.807, 2.05) is 30.3 Å². The van der Waals surface area contributed by atoms with Crippen LogP contribution in [0.5, 0.6) is 5.75 Å². The molecule has 0 aliphatic rings. The first-order valence-corrected chi connectivity index (χ1v) is 6.96. The number of para-hydroxylation sites is 1. The highest BCUT2D eigenvalue weighted by molar-refractivity contribution is 5.90. The van der Waals surface area contributed by atoms with Gasteiger partial charge in [0, 0.05) is 23.1 Å². The van der Waals surface area contributed by atoms with Crippen molar-refractivity contribution in [3.05, 3.63) is 54.4 Å². The number of benzene rings is 2. The van der Waals surface area contributed by atoms with E-state index in [4.69, 9.17) is 0 Å². The molecule has 1 aromatic heterocycles. The molecule has 0 amide bonds. The highest BCUT2D eigenvalue weighted by Gasteiger charge is 2.10. The van der Waals surface area contributed by atoms with Gasteiger partial charge in [-0.1, -0.05) is 32.0 Å². The lowest BCUT2D eigenvalue weighted by Crippen LogP contribution is -2.03. The summed E-state index contributed by atoms with van der Waals surface area (Å²) in [7, 11) is 0. The van der Waals surface area contributed by atoms with Crippen LogP contribution in [-0.2, 0) is 0 Å². The number of aromatic nitrogens is 2. The topological polar surface area (TPSA) is 58.0 Å². The van der Waals surface area contributed by atoms with Gasteiger partial charge < -0.3 is 10.4 Å². The van der Waals surface area contributed by atoms with Crippen LogP contribution in [0.3, 0.4) is 0 Å². The van der Waals surface area contributed by atoms with Gasteiger partial charge in [-0.05, 0) is 24.3 Å². The van der Waals surface area contributed by atoms with Gasteiger partial charge in [-0.15, -0.1) is 0 Å². The van der Waals surface area contributed by atoms with E-state index in [1.165, 1.54) is 0 Å². The molecule has 0 unspecified atom stereocenters. The zero-order valence-corrected chi connectivity index (χ0v) is 12.0. The van der Waals surface area contributed by atoms with E-state index in [-0.39, 0.29) is 11.7 Å².